The average molecular weight is 272 g/mol. The Morgan fingerprint density at radius 2 is 1.90 bits per heavy atom. The molecule has 0 amide bonds. The number of piperazine rings is 1. The number of hydrogen-bond acceptors (Lipinski definition) is 5. The molecule has 0 spiro atoms. The SMILES string of the molecule is Cc1cc(CN2CCN(Cc3cccnc3)CC2)on1. The zero-order valence-electron chi connectivity index (χ0n) is 11.8. The second kappa shape index (κ2) is 6.15. The molecule has 0 aromatic carbocycles. The number of pyridine rings is 1. The molecule has 1 aliphatic heterocycles. The fourth-order valence-corrected chi connectivity index (χ4v) is 2.57. The Hall–Kier alpha value is -1.72. The smallest absolute Gasteiger partial charge is 0.150 e. The first-order chi connectivity index (χ1) is 9.79. The van der Waals surface area contributed by atoms with Crippen molar-refractivity contribution in [1.82, 2.24) is 19.9 Å². The van der Waals surface area contributed by atoms with E-state index >= 15 is 0 Å². The van der Waals surface area contributed by atoms with Crippen LogP contribution in [-0.4, -0.2) is 46.1 Å². The molecule has 106 valence electrons. The van der Waals surface area contributed by atoms with Crippen LogP contribution in [0, 0.1) is 6.92 Å². The number of aromatic nitrogens is 2. The van der Waals surface area contributed by atoms with Crippen LogP contribution in [0.15, 0.2) is 35.1 Å². The van der Waals surface area contributed by atoms with Crippen molar-refractivity contribution in [2.24, 2.45) is 0 Å². The van der Waals surface area contributed by atoms with Gasteiger partial charge in [-0.15, -0.1) is 0 Å². The lowest BCUT2D eigenvalue weighted by atomic mass is 10.2. The molecule has 5 heteroatoms. The first kappa shape index (κ1) is 13.3. The molecule has 2 aromatic rings. The minimum Gasteiger partial charge on any atom is -0.360 e. The van der Waals surface area contributed by atoms with Crippen LogP contribution in [0.2, 0.25) is 0 Å². The topological polar surface area (TPSA) is 45.4 Å². The van der Waals surface area contributed by atoms with Crippen LogP contribution in [0.5, 0.6) is 0 Å². The lowest BCUT2D eigenvalue weighted by molar-refractivity contribution is 0.113. The molecular formula is C15H20N4O. The molecule has 3 heterocycles. The van der Waals surface area contributed by atoms with Crippen LogP contribution in [0.25, 0.3) is 0 Å². The van der Waals surface area contributed by atoms with Gasteiger partial charge in [0, 0.05) is 51.2 Å². The van der Waals surface area contributed by atoms with Crippen molar-refractivity contribution in [3.8, 4) is 0 Å². The molecule has 0 radical (unpaired) electrons. The van der Waals surface area contributed by atoms with Gasteiger partial charge in [0.2, 0.25) is 0 Å². The summed E-state index contributed by atoms with van der Waals surface area (Å²) in [5, 5.41) is 3.93. The fraction of sp³-hybridized carbons (Fsp3) is 0.467. The maximum absolute atomic E-state index is 5.28. The lowest BCUT2D eigenvalue weighted by Gasteiger charge is -2.34. The molecule has 3 rings (SSSR count). The zero-order chi connectivity index (χ0) is 13.8. The van der Waals surface area contributed by atoms with Crippen molar-refractivity contribution in [2.75, 3.05) is 26.2 Å². The second-order valence-electron chi connectivity index (χ2n) is 5.35. The Balaban J connectivity index is 1.47. The van der Waals surface area contributed by atoms with E-state index in [2.05, 4.69) is 26.0 Å². The van der Waals surface area contributed by atoms with Gasteiger partial charge in [0.1, 0.15) is 0 Å². The maximum atomic E-state index is 5.28. The van der Waals surface area contributed by atoms with E-state index in [4.69, 9.17) is 4.52 Å². The Kier molecular flexibility index (Phi) is 4.08. The number of nitrogens with zero attached hydrogens (tertiary/aromatic N) is 4. The molecule has 0 N–H and O–H groups in total. The Labute approximate surface area is 119 Å². The lowest BCUT2D eigenvalue weighted by Crippen LogP contribution is -2.45. The molecule has 1 aliphatic rings. The van der Waals surface area contributed by atoms with Gasteiger partial charge in [-0.25, -0.2) is 0 Å². The highest BCUT2D eigenvalue weighted by molar-refractivity contribution is 5.08. The summed E-state index contributed by atoms with van der Waals surface area (Å²) >= 11 is 0. The van der Waals surface area contributed by atoms with Crippen LogP contribution in [-0.2, 0) is 13.1 Å². The van der Waals surface area contributed by atoms with E-state index in [-0.39, 0.29) is 0 Å². The Morgan fingerprint density at radius 1 is 1.15 bits per heavy atom. The quantitative estimate of drug-likeness (QED) is 0.847. The van der Waals surface area contributed by atoms with Crippen LogP contribution in [0.1, 0.15) is 17.0 Å². The summed E-state index contributed by atoms with van der Waals surface area (Å²) in [4.78, 5) is 9.05. The van der Waals surface area contributed by atoms with Gasteiger partial charge < -0.3 is 4.52 Å². The summed E-state index contributed by atoms with van der Waals surface area (Å²) in [6.07, 6.45) is 3.77. The molecule has 5 nitrogen and oxygen atoms in total. The molecule has 0 atom stereocenters. The molecule has 0 aliphatic carbocycles. The molecule has 2 aromatic heterocycles. The predicted molar refractivity (Wildman–Crippen MR) is 76.0 cm³/mol. The van der Waals surface area contributed by atoms with Crippen LogP contribution in [0.3, 0.4) is 0 Å². The van der Waals surface area contributed by atoms with Gasteiger partial charge in [-0.1, -0.05) is 11.2 Å². The molecular weight excluding hydrogens is 252 g/mol. The van der Waals surface area contributed by atoms with Crippen molar-refractivity contribution in [3.05, 3.63) is 47.6 Å². The summed E-state index contributed by atoms with van der Waals surface area (Å²) in [5.74, 6) is 0.961. The number of aryl methyl sites for hydroxylation is 1. The van der Waals surface area contributed by atoms with E-state index in [0.717, 1.165) is 50.7 Å². The van der Waals surface area contributed by atoms with Gasteiger partial charge in [0.15, 0.2) is 5.76 Å². The van der Waals surface area contributed by atoms with Crippen LogP contribution < -0.4 is 0 Å². The summed E-state index contributed by atoms with van der Waals surface area (Å²) in [5.41, 5.74) is 2.24. The highest BCUT2D eigenvalue weighted by atomic mass is 16.5. The average Bonchev–Trinajstić information content (AvgIpc) is 2.88. The fourth-order valence-electron chi connectivity index (χ4n) is 2.57. The van der Waals surface area contributed by atoms with E-state index in [1.165, 1.54) is 5.56 Å². The summed E-state index contributed by atoms with van der Waals surface area (Å²) in [6.45, 7) is 8.12. The van der Waals surface area contributed by atoms with Crippen molar-refractivity contribution >= 4 is 0 Å². The standard InChI is InChI=1S/C15H20N4O/c1-13-9-15(20-17-13)12-19-7-5-18(6-8-19)11-14-3-2-4-16-10-14/h2-4,9-10H,5-8,11-12H2,1H3. The minimum absolute atomic E-state index is 0.863. The van der Waals surface area contributed by atoms with E-state index in [0.29, 0.717) is 0 Å². The maximum Gasteiger partial charge on any atom is 0.150 e. The highest BCUT2D eigenvalue weighted by Gasteiger charge is 2.18. The first-order valence-electron chi connectivity index (χ1n) is 7.05. The van der Waals surface area contributed by atoms with Crippen molar-refractivity contribution in [2.45, 2.75) is 20.0 Å². The van der Waals surface area contributed by atoms with Gasteiger partial charge >= 0.3 is 0 Å². The van der Waals surface area contributed by atoms with E-state index in [9.17, 15) is 0 Å². The molecule has 20 heavy (non-hydrogen) atoms. The Morgan fingerprint density at radius 3 is 2.50 bits per heavy atom. The van der Waals surface area contributed by atoms with Crippen LogP contribution in [0.4, 0.5) is 0 Å². The number of hydrogen-bond donors (Lipinski definition) is 0. The highest BCUT2D eigenvalue weighted by Crippen LogP contribution is 2.11. The second-order valence-corrected chi connectivity index (χ2v) is 5.35. The molecule has 0 unspecified atom stereocenters. The van der Waals surface area contributed by atoms with Gasteiger partial charge in [-0.2, -0.15) is 0 Å². The molecule has 0 saturated carbocycles. The molecule has 1 fully saturated rings. The molecule has 1 saturated heterocycles. The third-order valence-corrected chi connectivity index (χ3v) is 3.65. The van der Waals surface area contributed by atoms with Crippen LogP contribution >= 0.6 is 0 Å². The normalized spacial score (nSPS) is 17.4. The van der Waals surface area contributed by atoms with Gasteiger partial charge in [-0.3, -0.25) is 14.8 Å². The van der Waals surface area contributed by atoms with Gasteiger partial charge in [0.25, 0.3) is 0 Å². The largest absolute Gasteiger partial charge is 0.360 e. The van der Waals surface area contributed by atoms with Gasteiger partial charge in [0.05, 0.1) is 12.2 Å². The third kappa shape index (κ3) is 3.43. The summed E-state index contributed by atoms with van der Waals surface area (Å²) in [7, 11) is 0. The minimum atomic E-state index is 0.863. The summed E-state index contributed by atoms with van der Waals surface area (Å²) in [6, 6.07) is 6.15. The van der Waals surface area contributed by atoms with E-state index in [1.54, 1.807) is 0 Å². The van der Waals surface area contributed by atoms with Crippen molar-refractivity contribution < 1.29 is 4.52 Å². The first-order valence-corrected chi connectivity index (χ1v) is 7.05. The monoisotopic (exact) mass is 272 g/mol. The summed E-state index contributed by atoms with van der Waals surface area (Å²) < 4.78 is 5.28. The van der Waals surface area contributed by atoms with Crippen molar-refractivity contribution in [1.29, 1.82) is 0 Å². The number of rotatable bonds is 4. The van der Waals surface area contributed by atoms with E-state index in [1.807, 2.05) is 31.5 Å². The third-order valence-electron chi connectivity index (χ3n) is 3.65. The van der Waals surface area contributed by atoms with Crippen molar-refractivity contribution in [3.63, 3.8) is 0 Å². The van der Waals surface area contributed by atoms with E-state index < -0.39 is 0 Å². The predicted octanol–water partition coefficient (Wildman–Crippen LogP) is 1.70. The molecule has 0 bridgehead atoms. The zero-order valence-corrected chi connectivity index (χ0v) is 11.8. The Bertz CT molecular complexity index is 532. The van der Waals surface area contributed by atoms with Gasteiger partial charge in [-0.05, 0) is 18.6 Å².